The van der Waals surface area contributed by atoms with E-state index in [9.17, 15) is 4.79 Å². The van der Waals surface area contributed by atoms with Crippen LogP contribution in [-0.4, -0.2) is 47.0 Å². The number of anilines is 1. The largest absolute Gasteiger partial charge is 0.353 e. The Labute approximate surface area is 179 Å². The molecular formula is C24H22N4OS. The van der Waals surface area contributed by atoms with Crippen molar-refractivity contribution >= 4 is 33.1 Å². The minimum atomic E-state index is 0.140. The highest BCUT2D eigenvalue weighted by atomic mass is 32.1. The zero-order chi connectivity index (χ0) is 20.5. The molecule has 30 heavy (non-hydrogen) atoms. The van der Waals surface area contributed by atoms with Crippen LogP contribution in [-0.2, 0) is 0 Å². The first kappa shape index (κ1) is 18.8. The van der Waals surface area contributed by atoms with E-state index in [1.54, 1.807) is 11.3 Å². The Balaban J connectivity index is 1.31. The van der Waals surface area contributed by atoms with E-state index in [1.807, 2.05) is 66.6 Å². The molecule has 0 radical (unpaired) electrons. The number of fused-ring (bicyclic) bond motifs is 1. The number of hydrogen-bond donors (Lipinski definition) is 0. The number of thiophene rings is 1. The van der Waals surface area contributed by atoms with Crippen LogP contribution in [0.15, 0.2) is 66.9 Å². The second-order valence-corrected chi connectivity index (χ2v) is 8.49. The molecule has 5 rings (SSSR count). The third-order valence-corrected chi connectivity index (χ3v) is 6.86. The third kappa shape index (κ3) is 3.44. The fraction of sp³-hybridized carbons (Fsp3) is 0.208. The van der Waals surface area contributed by atoms with E-state index < -0.39 is 0 Å². The number of rotatable bonds is 3. The highest BCUT2D eigenvalue weighted by Gasteiger charge is 2.26. The Morgan fingerprint density at radius 3 is 2.43 bits per heavy atom. The first-order valence-electron chi connectivity index (χ1n) is 10.1. The molecule has 1 saturated heterocycles. The van der Waals surface area contributed by atoms with Crippen molar-refractivity contribution in [3.63, 3.8) is 0 Å². The van der Waals surface area contributed by atoms with Crippen LogP contribution in [0.4, 0.5) is 5.82 Å². The standard InChI is InChI=1S/C24H22N4OS/c1-17-19-9-5-6-10-20(19)30-22(17)24(29)28-15-13-27(14-16-28)21-11-12-25-23(26-21)18-7-3-2-4-8-18/h2-12H,13-16H2,1H3. The third-order valence-electron chi connectivity index (χ3n) is 5.60. The second-order valence-electron chi connectivity index (χ2n) is 7.44. The van der Waals surface area contributed by atoms with Crippen LogP contribution in [0.3, 0.4) is 0 Å². The normalized spacial score (nSPS) is 14.3. The number of piperazine rings is 1. The first-order chi connectivity index (χ1) is 14.7. The zero-order valence-corrected chi connectivity index (χ0v) is 17.6. The number of benzene rings is 2. The van der Waals surface area contributed by atoms with Crippen LogP contribution in [0.1, 0.15) is 15.2 Å². The predicted octanol–water partition coefficient (Wildman–Crippen LogP) is 4.63. The van der Waals surface area contributed by atoms with Gasteiger partial charge in [-0.05, 0) is 30.0 Å². The van der Waals surface area contributed by atoms with Crippen LogP contribution in [0.25, 0.3) is 21.5 Å². The maximum atomic E-state index is 13.2. The van der Waals surface area contributed by atoms with Crippen molar-refractivity contribution < 1.29 is 4.79 Å². The van der Waals surface area contributed by atoms with Crippen LogP contribution in [0, 0.1) is 6.92 Å². The summed E-state index contributed by atoms with van der Waals surface area (Å²) in [6.45, 7) is 4.96. The van der Waals surface area contributed by atoms with Gasteiger partial charge in [0.25, 0.3) is 5.91 Å². The molecule has 0 aliphatic carbocycles. The quantitative estimate of drug-likeness (QED) is 0.490. The summed E-state index contributed by atoms with van der Waals surface area (Å²) in [5.41, 5.74) is 2.10. The van der Waals surface area contributed by atoms with Crippen molar-refractivity contribution in [3.05, 3.63) is 77.3 Å². The molecule has 4 aromatic rings. The van der Waals surface area contributed by atoms with Gasteiger partial charge in [0.15, 0.2) is 5.82 Å². The molecule has 1 aliphatic heterocycles. The Bertz CT molecular complexity index is 1200. The van der Waals surface area contributed by atoms with Crippen molar-refractivity contribution in [2.24, 2.45) is 0 Å². The lowest BCUT2D eigenvalue weighted by atomic mass is 10.1. The molecule has 0 unspecified atom stereocenters. The SMILES string of the molecule is Cc1c(C(=O)N2CCN(c3ccnc(-c4ccccc4)n3)CC2)sc2ccccc12. The predicted molar refractivity (Wildman–Crippen MR) is 122 cm³/mol. The Morgan fingerprint density at radius 2 is 1.67 bits per heavy atom. The summed E-state index contributed by atoms with van der Waals surface area (Å²) in [6.07, 6.45) is 1.81. The van der Waals surface area contributed by atoms with E-state index >= 15 is 0 Å². The van der Waals surface area contributed by atoms with E-state index in [2.05, 4.69) is 22.0 Å². The number of aromatic nitrogens is 2. The number of carbonyl (C=O) groups excluding carboxylic acids is 1. The maximum absolute atomic E-state index is 13.2. The Kier molecular flexibility index (Phi) is 4.93. The van der Waals surface area contributed by atoms with Crippen LogP contribution in [0.2, 0.25) is 0 Å². The van der Waals surface area contributed by atoms with Crippen molar-refractivity contribution in [1.82, 2.24) is 14.9 Å². The molecule has 6 heteroatoms. The van der Waals surface area contributed by atoms with E-state index in [-0.39, 0.29) is 5.91 Å². The summed E-state index contributed by atoms with van der Waals surface area (Å²) in [7, 11) is 0. The lowest BCUT2D eigenvalue weighted by molar-refractivity contribution is 0.0751. The highest BCUT2D eigenvalue weighted by Crippen LogP contribution is 2.31. The molecule has 2 aromatic carbocycles. The molecule has 150 valence electrons. The molecule has 1 fully saturated rings. The summed E-state index contributed by atoms with van der Waals surface area (Å²) in [5.74, 6) is 1.78. The summed E-state index contributed by atoms with van der Waals surface area (Å²) >= 11 is 1.60. The monoisotopic (exact) mass is 414 g/mol. The average Bonchev–Trinajstić information content (AvgIpc) is 3.16. The number of hydrogen-bond acceptors (Lipinski definition) is 5. The fourth-order valence-electron chi connectivity index (χ4n) is 3.91. The lowest BCUT2D eigenvalue weighted by Gasteiger charge is -2.35. The molecule has 5 nitrogen and oxygen atoms in total. The average molecular weight is 415 g/mol. The zero-order valence-electron chi connectivity index (χ0n) is 16.8. The summed E-state index contributed by atoms with van der Waals surface area (Å²) in [5, 5.41) is 1.18. The lowest BCUT2D eigenvalue weighted by Crippen LogP contribution is -2.49. The van der Waals surface area contributed by atoms with Crippen molar-refractivity contribution in [3.8, 4) is 11.4 Å². The van der Waals surface area contributed by atoms with E-state index in [0.717, 1.165) is 40.7 Å². The van der Waals surface area contributed by atoms with Crippen LogP contribution < -0.4 is 4.90 Å². The van der Waals surface area contributed by atoms with E-state index in [1.165, 1.54) is 10.1 Å². The van der Waals surface area contributed by atoms with E-state index in [0.29, 0.717) is 13.1 Å². The molecule has 2 aromatic heterocycles. The minimum Gasteiger partial charge on any atom is -0.353 e. The Morgan fingerprint density at radius 1 is 0.933 bits per heavy atom. The number of nitrogens with zero attached hydrogens (tertiary/aromatic N) is 4. The molecule has 0 atom stereocenters. The summed E-state index contributed by atoms with van der Waals surface area (Å²) < 4.78 is 1.17. The van der Waals surface area contributed by atoms with E-state index in [4.69, 9.17) is 4.98 Å². The second kappa shape index (κ2) is 7.88. The summed E-state index contributed by atoms with van der Waals surface area (Å²) in [6, 6.07) is 20.2. The van der Waals surface area contributed by atoms with Gasteiger partial charge in [-0.1, -0.05) is 48.5 Å². The van der Waals surface area contributed by atoms with Crippen molar-refractivity contribution in [2.45, 2.75) is 6.92 Å². The molecule has 1 amide bonds. The topological polar surface area (TPSA) is 49.3 Å². The molecule has 1 aliphatic rings. The number of carbonyl (C=O) groups is 1. The van der Waals surface area contributed by atoms with Crippen LogP contribution >= 0.6 is 11.3 Å². The van der Waals surface area contributed by atoms with Gasteiger partial charge in [0.1, 0.15) is 5.82 Å². The molecule has 0 N–H and O–H groups in total. The van der Waals surface area contributed by atoms with Gasteiger partial charge in [-0.2, -0.15) is 0 Å². The van der Waals surface area contributed by atoms with Gasteiger partial charge in [0, 0.05) is 42.6 Å². The van der Waals surface area contributed by atoms with Crippen LogP contribution in [0.5, 0.6) is 0 Å². The van der Waals surface area contributed by atoms with Gasteiger partial charge in [-0.3, -0.25) is 4.79 Å². The first-order valence-corrected chi connectivity index (χ1v) is 10.9. The molecule has 0 spiro atoms. The fourth-order valence-corrected chi connectivity index (χ4v) is 5.09. The minimum absolute atomic E-state index is 0.140. The summed E-state index contributed by atoms with van der Waals surface area (Å²) in [4.78, 5) is 27.4. The number of aryl methyl sites for hydroxylation is 1. The number of amides is 1. The molecule has 0 saturated carbocycles. The molecule has 0 bridgehead atoms. The smallest absolute Gasteiger partial charge is 0.264 e. The highest BCUT2D eigenvalue weighted by molar-refractivity contribution is 7.21. The maximum Gasteiger partial charge on any atom is 0.264 e. The van der Waals surface area contributed by atoms with Gasteiger partial charge >= 0.3 is 0 Å². The van der Waals surface area contributed by atoms with Crippen molar-refractivity contribution in [1.29, 1.82) is 0 Å². The van der Waals surface area contributed by atoms with Gasteiger partial charge in [0.2, 0.25) is 0 Å². The Hall–Kier alpha value is -3.25. The van der Waals surface area contributed by atoms with Gasteiger partial charge in [-0.15, -0.1) is 11.3 Å². The van der Waals surface area contributed by atoms with Gasteiger partial charge < -0.3 is 9.80 Å². The molecular weight excluding hydrogens is 392 g/mol. The van der Waals surface area contributed by atoms with Crippen molar-refractivity contribution in [2.75, 3.05) is 31.1 Å². The van der Waals surface area contributed by atoms with Gasteiger partial charge in [0.05, 0.1) is 4.88 Å². The molecule has 3 heterocycles. The van der Waals surface area contributed by atoms with Gasteiger partial charge in [-0.25, -0.2) is 9.97 Å².